The lowest BCUT2D eigenvalue weighted by Crippen LogP contribution is -2.34. The molecule has 2 aromatic carbocycles. The Hall–Kier alpha value is -2.80. The summed E-state index contributed by atoms with van der Waals surface area (Å²) in [5.41, 5.74) is 2.24. The highest BCUT2D eigenvalue weighted by Gasteiger charge is 2.20. The van der Waals surface area contributed by atoms with Gasteiger partial charge in [0.05, 0.1) is 0 Å². The second kappa shape index (κ2) is 8.93. The van der Waals surface area contributed by atoms with E-state index in [2.05, 4.69) is 37.7 Å². The van der Waals surface area contributed by atoms with E-state index in [0.29, 0.717) is 12.5 Å². The van der Waals surface area contributed by atoms with E-state index in [1.54, 1.807) is 12.1 Å². The van der Waals surface area contributed by atoms with Crippen molar-refractivity contribution in [3.05, 3.63) is 71.3 Å². The molecule has 1 aromatic heterocycles. The van der Waals surface area contributed by atoms with Crippen molar-refractivity contribution in [1.29, 1.82) is 0 Å². The molecule has 0 saturated carbocycles. The van der Waals surface area contributed by atoms with Gasteiger partial charge in [-0.05, 0) is 67.2 Å². The number of hydrogen-bond donors (Lipinski definition) is 1. The zero-order valence-corrected chi connectivity index (χ0v) is 15.7. The molecule has 7 heteroatoms. The summed E-state index contributed by atoms with van der Waals surface area (Å²) in [5, 5.41) is 14.3. The number of nitrogens with one attached hydrogen (secondary N) is 1. The van der Waals surface area contributed by atoms with Crippen LogP contribution in [0.4, 0.5) is 4.39 Å². The molecule has 0 aliphatic carbocycles. The highest BCUT2D eigenvalue weighted by molar-refractivity contribution is 5.28. The summed E-state index contributed by atoms with van der Waals surface area (Å²) < 4.78 is 18.7. The molecule has 2 heterocycles. The van der Waals surface area contributed by atoms with Crippen LogP contribution in [0.1, 0.15) is 29.8 Å². The van der Waals surface area contributed by atoms with E-state index in [4.69, 9.17) is 4.74 Å². The number of rotatable bonds is 7. The maximum atomic E-state index is 12.9. The number of halogens is 1. The number of H-pyrrole nitrogens is 1. The monoisotopic (exact) mass is 381 g/mol. The Morgan fingerprint density at radius 3 is 2.39 bits per heavy atom. The topological polar surface area (TPSA) is 66.9 Å². The number of ether oxygens (including phenoxy) is 1. The van der Waals surface area contributed by atoms with E-state index >= 15 is 0 Å². The van der Waals surface area contributed by atoms with Crippen LogP contribution in [0, 0.1) is 11.7 Å². The molecular weight excluding hydrogens is 357 g/mol. The van der Waals surface area contributed by atoms with Crippen LogP contribution in [0.2, 0.25) is 0 Å². The van der Waals surface area contributed by atoms with Gasteiger partial charge in [-0.3, -0.25) is 4.90 Å². The van der Waals surface area contributed by atoms with Crippen molar-refractivity contribution in [3.63, 3.8) is 0 Å². The van der Waals surface area contributed by atoms with Gasteiger partial charge in [0.25, 0.3) is 0 Å². The second-order valence-electron chi connectivity index (χ2n) is 7.31. The molecule has 6 nitrogen and oxygen atoms in total. The Morgan fingerprint density at radius 1 is 1.00 bits per heavy atom. The van der Waals surface area contributed by atoms with Gasteiger partial charge in [0.1, 0.15) is 18.2 Å². The predicted octanol–water partition coefficient (Wildman–Crippen LogP) is 3.37. The number of aromatic nitrogens is 4. The molecule has 0 atom stereocenters. The van der Waals surface area contributed by atoms with Crippen LogP contribution in [0.5, 0.6) is 5.75 Å². The van der Waals surface area contributed by atoms with Crippen molar-refractivity contribution < 1.29 is 9.13 Å². The number of benzene rings is 2. The maximum absolute atomic E-state index is 12.9. The molecule has 28 heavy (non-hydrogen) atoms. The second-order valence-corrected chi connectivity index (χ2v) is 7.31. The predicted molar refractivity (Wildman–Crippen MR) is 103 cm³/mol. The van der Waals surface area contributed by atoms with Crippen LogP contribution in [0.3, 0.4) is 0 Å². The van der Waals surface area contributed by atoms with Crippen molar-refractivity contribution in [2.75, 3.05) is 13.1 Å². The first-order chi connectivity index (χ1) is 13.7. The SMILES string of the molecule is Fc1ccc(COc2ccc(CN3CCC(Cc4nn[nH]n4)CC3)cc2)cc1. The van der Waals surface area contributed by atoms with Crippen molar-refractivity contribution in [2.24, 2.45) is 5.92 Å². The molecule has 1 aliphatic rings. The van der Waals surface area contributed by atoms with Gasteiger partial charge >= 0.3 is 0 Å². The fraction of sp³-hybridized carbons (Fsp3) is 0.381. The fourth-order valence-corrected chi connectivity index (χ4v) is 3.57. The lowest BCUT2D eigenvalue weighted by molar-refractivity contribution is 0.176. The molecule has 1 saturated heterocycles. The molecule has 0 unspecified atom stereocenters. The molecule has 3 aromatic rings. The van der Waals surface area contributed by atoms with Gasteiger partial charge in [-0.25, -0.2) is 4.39 Å². The highest BCUT2D eigenvalue weighted by atomic mass is 19.1. The first kappa shape index (κ1) is 18.6. The fourth-order valence-electron chi connectivity index (χ4n) is 3.57. The summed E-state index contributed by atoms with van der Waals surface area (Å²) in [7, 11) is 0. The molecule has 0 spiro atoms. The maximum Gasteiger partial charge on any atom is 0.174 e. The average molecular weight is 381 g/mol. The zero-order chi connectivity index (χ0) is 19.2. The van der Waals surface area contributed by atoms with E-state index in [9.17, 15) is 4.39 Å². The summed E-state index contributed by atoms with van der Waals surface area (Å²) in [6.45, 7) is 3.57. The summed E-state index contributed by atoms with van der Waals surface area (Å²) in [6, 6.07) is 14.6. The highest BCUT2D eigenvalue weighted by Crippen LogP contribution is 2.22. The molecule has 1 fully saturated rings. The van der Waals surface area contributed by atoms with Gasteiger partial charge in [0.2, 0.25) is 0 Å². The first-order valence-electron chi connectivity index (χ1n) is 9.65. The number of tetrazole rings is 1. The smallest absolute Gasteiger partial charge is 0.174 e. The van der Waals surface area contributed by atoms with E-state index < -0.39 is 0 Å². The minimum atomic E-state index is -0.230. The number of aromatic amines is 1. The zero-order valence-electron chi connectivity index (χ0n) is 15.7. The minimum absolute atomic E-state index is 0.230. The number of hydrogen-bond acceptors (Lipinski definition) is 5. The van der Waals surface area contributed by atoms with Crippen molar-refractivity contribution in [3.8, 4) is 5.75 Å². The first-order valence-corrected chi connectivity index (χ1v) is 9.65. The molecule has 4 rings (SSSR count). The van der Waals surface area contributed by atoms with Gasteiger partial charge in [-0.2, -0.15) is 5.21 Å². The Balaban J connectivity index is 1.22. The quantitative estimate of drug-likeness (QED) is 0.680. The van der Waals surface area contributed by atoms with Gasteiger partial charge in [-0.15, -0.1) is 10.2 Å². The lowest BCUT2D eigenvalue weighted by atomic mass is 9.93. The van der Waals surface area contributed by atoms with E-state index in [1.807, 2.05) is 12.1 Å². The average Bonchev–Trinajstić information content (AvgIpc) is 3.23. The van der Waals surface area contributed by atoms with Crippen LogP contribution in [-0.2, 0) is 19.6 Å². The number of likely N-dealkylation sites (tertiary alicyclic amines) is 1. The Labute approximate surface area is 163 Å². The largest absolute Gasteiger partial charge is 0.489 e. The summed E-state index contributed by atoms with van der Waals surface area (Å²) >= 11 is 0. The van der Waals surface area contributed by atoms with Crippen LogP contribution < -0.4 is 4.74 Å². The molecule has 1 aliphatic heterocycles. The third kappa shape index (κ3) is 5.13. The number of piperidine rings is 1. The van der Waals surface area contributed by atoms with Crippen LogP contribution in [0.25, 0.3) is 0 Å². The van der Waals surface area contributed by atoms with Crippen molar-refractivity contribution in [2.45, 2.75) is 32.4 Å². The van der Waals surface area contributed by atoms with Gasteiger partial charge < -0.3 is 4.74 Å². The van der Waals surface area contributed by atoms with Crippen LogP contribution >= 0.6 is 0 Å². The molecular formula is C21H24FN5O. The molecule has 1 N–H and O–H groups in total. The van der Waals surface area contributed by atoms with Crippen LogP contribution in [0.15, 0.2) is 48.5 Å². The summed E-state index contributed by atoms with van der Waals surface area (Å²) in [5.74, 6) is 2.05. The third-order valence-electron chi connectivity index (χ3n) is 5.22. The van der Waals surface area contributed by atoms with Gasteiger partial charge in [-0.1, -0.05) is 29.5 Å². The minimum Gasteiger partial charge on any atom is -0.489 e. The Morgan fingerprint density at radius 2 is 1.71 bits per heavy atom. The van der Waals surface area contributed by atoms with E-state index in [-0.39, 0.29) is 5.82 Å². The molecule has 0 radical (unpaired) electrons. The van der Waals surface area contributed by atoms with Crippen molar-refractivity contribution >= 4 is 0 Å². The Bertz CT molecular complexity index is 844. The van der Waals surface area contributed by atoms with Gasteiger partial charge in [0.15, 0.2) is 5.82 Å². The van der Waals surface area contributed by atoms with Gasteiger partial charge in [0, 0.05) is 13.0 Å². The summed E-state index contributed by atoms with van der Waals surface area (Å²) in [4.78, 5) is 2.49. The molecule has 0 amide bonds. The lowest BCUT2D eigenvalue weighted by Gasteiger charge is -2.31. The normalized spacial score (nSPS) is 15.6. The van der Waals surface area contributed by atoms with E-state index in [1.165, 1.54) is 17.7 Å². The number of nitrogens with zero attached hydrogens (tertiary/aromatic N) is 4. The third-order valence-corrected chi connectivity index (χ3v) is 5.22. The molecule has 146 valence electrons. The Kier molecular flexibility index (Phi) is 5.92. The van der Waals surface area contributed by atoms with Crippen LogP contribution in [-0.4, -0.2) is 38.6 Å². The molecule has 0 bridgehead atoms. The standard InChI is InChI=1S/C21H24FN5O/c22-19-5-1-18(2-6-19)15-28-20-7-3-17(4-8-20)14-27-11-9-16(10-12-27)13-21-23-25-26-24-21/h1-8,16H,9-15H2,(H,23,24,25,26). The summed E-state index contributed by atoms with van der Waals surface area (Å²) in [6.07, 6.45) is 3.23. The van der Waals surface area contributed by atoms with Crippen molar-refractivity contribution in [1.82, 2.24) is 25.5 Å². The van der Waals surface area contributed by atoms with E-state index in [0.717, 1.165) is 56.0 Å².